The fourth-order valence-corrected chi connectivity index (χ4v) is 8.86. The summed E-state index contributed by atoms with van der Waals surface area (Å²) in [6.07, 6.45) is 0. The maximum atomic E-state index is 2.44. The van der Waals surface area contributed by atoms with Gasteiger partial charge in [0.1, 0.15) is 0 Å². The maximum absolute atomic E-state index is 2.44. The summed E-state index contributed by atoms with van der Waals surface area (Å²) in [5.74, 6) is 0. The van der Waals surface area contributed by atoms with Crippen molar-refractivity contribution >= 4 is 0 Å². The van der Waals surface area contributed by atoms with Crippen LogP contribution in [0.5, 0.6) is 0 Å². The quantitative estimate of drug-likeness (QED) is 0.155. The zero-order valence-corrected chi connectivity index (χ0v) is 30.4. The second-order valence-electron chi connectivity index (χ2n) is 14.4. The molecule has 0 bridgehead atoms. The van der Waals surface area contributed by atoms with Crippen molar-refractivity contribution < 1.29 is 0 Å². The average Bonchev–Trinajstić information content (AvgIpc) is 3.59. The van der Waals surface area contributed by atoms with E-state index in [9.17, 15) is 0 Å². The highest BCUT2D eigenvalue weighted by Crippen LogP contribution is 2.58. The van der Waals surface area contributed by atoms with Gasteiger partial charge in [-0.3, -0.25) is 0 Å². The molecule has 0 radical (unpaired) electrons. The van der Waals surface area contributed by atoms with Crippen molar-refractivity contribution in [2.45, 2.75) is 5.41 Å². The molecule has 0 amide bonds. The van der Waals surface area contributed by atoms with Gasteiger partial charge in [0.25, 0.3) is 0 Å². The molecule has 258 valence electrons. The zero-order valence-electron chi connectivity index (χ0n) is 30.4. The van der Waals surface area contributed by atoms with Gasteiger partial charge >= 0.3 is 0 Å². The van der Waals surface area contributed by atoms with E-state index in [2.05, 4.69) is 231 Å². The molecule has 0 heterocycles. The average molecular weight is 699 g/mol. The minimum absolute atomic E-state index is 0.573. The Morgan fingerprint density at radius 1 is 0.218 bits per heavy atom. The van der Waals surface area contributed by atoms with Crippen molar-refractivity contribution in [3.63, 3.8) is 0 Å². The van der Waals surface area contributed by atoms with Crippen LogP contribution in [0.15, 0.2) is 231 Å². The summed E-state index contributed by atoms with van der Waals surface area (Å²) in [5.41, 5.74) is 19.3. The molecule has 9 aromatic rings. The predicted octanol–water partition coefficient (Wildman–Crippen LogP) is 14.4. The molecule has 0 unspecified atom stereocenters. The van der Waals surface area contributed by atoms with Crippen LogP contribution in [-0.4, -0.2) is 0 Å². The zero-order chi connectivity index (χ0) is 36.6. The molecule has 0 nitrogen and oxygen atoms in total. The molecule has 0 saturated heterocycles. The van der Waals surface area contributed by atoms with Crippen LogP contribution in [0.25, 0.3) is 66.8 Å². The van der Waals surface area contributed by atoms with E-state index in [4.69, 9.17) is 0 Å². The van der Waals surface area contributed by atoms with Gasteiger partial charge in [0.05, 0.1) is 5.41 Å². The summed E-state index contributed by atoms with van der Waals surface area (Å²) in [6, 6.07) is 84.6. The standard InChI is InChI=1S/C55H38/c1-4-17-39(18-5-1)42-23-12-25-44(35-42)46-27-14-29-48(37-46)55(49-30-15-28-47(38-49)45-26-13-24-43(36-45)40-19-6-2-7-20-40)52-33-11-10-31-51(52)54-50(32-16-34-53(54)55)41-21-8-3-9-22-41/h1-38H. The Hall–Kier alpha value is -7.02. The smallest absolute Gasteiger partial charge is 0.0622 e. The van der Waals surface area contributed by atoms with Gasteiger partial charge in [-0.05, 0) is 113 Å². The number of rotatable bonds is 7. The van der Waals surface area contributed by atoms with Crippen LogP contribution in [-0.2, 0) is 5.41 Å². The summed E-state index contributed by atoms with van der Waals surface area (Å²) in [7, 11) is 0. The molecule has 0 spiro atoms. The van der Waals surface area contributed by atoms with E-state index in [0.29, 0.717) is 0 Å². The van der Waals surface area contributed by atoms with E-state index >= 15 is 0 Å². The Kier molecular flexibility index (Phi) is 8.16. The van der Waals surface area contributed by atoms with Crippen molar-refractivity contribution in [2.24, 2.45) is 0 Å². The first-order chi connectivity index (χ1) is 27.3. The first kappa shape index (κ1) is 32.6. The van der Waals surface area contributed by atoms with E-state index in [1.165, 1.54) is 89.0 Å². The van der Waals surface area contributed by atoms with Crippen molar-refractivity contribution in [2.75, 3.05) is 0 Å². The number of hydrogen-bond donors (Lipinski definition) is 0. The van der Waals surface area contributed by atoms with E-state index in [0.717, 1.165) is 0 Å². The van der Waals surface area contributed by atoms with Gasteiger partial charge in [0.2, 0.25) is 0 Å². The fourth-order valence-electron chi connectivity index (χ4n) is 8.86. The van der Waals surface area contributed by atoms with Gasteiger partial charge in [0, 0.05) is 0 Å². The van der Waals surface area contributed by atoms with Gasteiger partial charge in [-0.15, -0.1) is 0 Å². The Morgan fingerprint density at radius 2 is 0.564 bits per heavy atom. The van der Waals surface area contributed by atoms with Gasteiger partial charge in [-0.25, -0.2) is 0 Å². The van der Waals surface area contributed by atoms with E-state index in [1.54, 1.807) is 0 Å². The largest absolute Gasteiger partial charge is 0.0714 e. The lowest BCUT2D eigenvalue weighted by Gasteiger charge is -2.34. The Balaban J connectivity index is 1.22. The van der Waals surface area contributed by atoms with E-state index < -0.39 is 5.41 Å². The number of hydrogen-bond acceptors (Lipinski definition) is 0. The van der Waals surface area contributed by atoms with Crippen LogP contribution >= 0.6 is 0 Å². The topological polar surface area (TPSA) is 0 Å². The molecule has 55 heavy (non-hydrogen) atoms. The van der Waals surface area contributed by atoms with Gasteiger partial charge < -0.3 is 0 Å². The summed E-state index contributed by atoms with van der Waals surface area (Å²) in [5, 5.41) is 0. The molecule has 0 aromatic heterocycles. The van der Waals surface area contributed by atoms with Crippen LogP contribution in [0.4, 0.5) is 0 Å². The molecule has 1 aliphatic carbocycles. The Bertz CT molecular complexity index is 2670. The van der Waals surface area contributed by atoms with Crippen LogP contribution in [0, 0.1) is 0 Å². The third-order valence-corrected chi connectivity index (χ3v) is 11.4. The molecule has 0 atom stereocenters. The highest BCUT2D eigenvalue weighted by atomic mass is 14.5. The molecule has 0 fully saturated rings. The van der Waals surface area contributed by atoms with Crippen LogP contribution < -0.4 is 0 Å². The molecule has 0 N–H and O–H groups in total. The molecule has 9 aromatic carbocycles. The molecule has 0 heteroatoms. The molecular weight excluding hydrogens is 661 g/mol. The highest BCUT2D eigenvalue weighted by molar-refractivity contribution is 5.96. The van der Waals surface area contributed by atoms with Gasteiger partial charge in [-0.2, -0.15) is 0 Å². The van der Waals surface area contributed by atoms with Gasteiger partial charge in [-0.1, -0.05) is 206 Å². The first-order valence-electron chi connectivity index (χ1n) is 19.1. The van der Waals surface area contributed by atoms with Crippen LogP contribution in [0.1, 0.15) is 22.3 Å². The van der Waals surface area contributed by atoms with Crippen molar-refractivity contribution in [3.8, 4) is 66.8 Å². The molecule has 10 rings (SSSR count). The lowest BCUT2D eigenvalue weighted by Crippen LogP contribution is -2.28. The number of benzene rings is 9. The molecule has 0 saturated carbocycles. The third kappa shape index (κ3) is 5.63. The van der Waals surface area contributed by atoms with Crippen LogP contribution in [0.3, 0.4) is 0 Å². The normalized spacial score (nSPS) is 12.5. The van der Waals surface area contributed by atoms with E-state index in [-0.39, 0.29) is 0 Å². The minimum atomic E-state index is -0.573. The highest BCUT2D eigenvalue weighted by Gasteiger charge is 2.47. The number of fused-ring (bicyclic) bond motifs is 3. The van der Waals surface area contributed by atoms with Gasteiger partial charge in [0.15, 0.2) is 0 Å². The fraction of sp³-hybridized carbons (Fsp3) is 0.0182. The van der Waals surface area contributed by atoms with E-state index in [1.807, 2.05) is 0 Å². The summed E-state index contributed by atoms with van der Waals surface area (Å²) >= 11 is 0. The van der Waals surface area contributed by atoms with Crippen molar-refractivity contribution in [1.29, 1.82) is 0 Å². The second-order valence-corrected chi connectivity index (χ2v) is 14.4. The SMILES string of the molecule is c1ccc(-c2cccc(-c3cccc(C4(c5cccc(-c6cccc(-c7ccccc7)c6)c5)c5ccccc5-c5c(-c6ccccc6)cccc54)c3)c2)cc1. The molecule has 0 aliphatic heterocycles. The maximum Gasteiger partial charge on any atom is 0.0714 e. The van der Waals surface area contributed by atoms with Crippen LogP contribution in [0.2, 0.25) is 0 Å². The second kappa shape index (κ2) is 13.8. The lowest BCUT2D eigenvalue weighted by atomic mass is 9.67. The predicted molar refractivity (Wildman–Crippen MR) is 231 cm³/mol. The first-order valence-corrected chi connectivity index (χ1v) is 19.1. The van der Waals surface area contributed by atoms with Crippen molar-refractivity contribution in [3.05, 3.63) is 253 Å². The molecule has 1 aliphatic rings. The minimum Gasteiger partial charge on any atom is -0.0622 e. The van der Waals surface area contributed by atoms with Crippen molar-refractivity contribution in [1.82, 2.24) is 0 Å². The Morgan fingerprint density at radius 3 is 1.09 bits per heavy atom. The molecular formula is C55H38. The Labute approximate surface area is 323 Å². The summed E-state index contributed by atoms with van der Waals surface area (Å²) in [6.45, 7) is 0. The monoisotopic (exact) mass is 698 g/mol. The lowest BCUT2D eigenvalue weighted by molar-refractivity contribution is 0.769. The third-order valence-electron chi connectivity index (χ3n) is 11.4. The summed E-state index contributed by atoms with van der Waals surface area (Å²) in [4.78, 5) is 0. The summed E-state index contributed by atoms with van der Waals surface area (Å²) < 4.78 is 0.